The fourth-order valence-electron chi connectivity index (χ4n) is 1.13. The van der Waals surface area contributed by atoms with Crippen LogP contribution in [0.4, 0.5) is 5.69 Å². The fourth-order valence-corrected chi connectivity index (χ4v) is 1.13. The van der Waals surface area contributed by atoms with Crippen LogP contribution >= 0.6 is 0 Å². The van der Waals surface area contributed by atoms with Crippen molar-refractivity contribution in [2.75, 3.05) is 12.3 Å². The highest BCUT2D eigenvalue weighted by atomic mass is 14.7. The van der Waals surface area contributed by atoms with Crippen molar-refractivity contribution in [1.29, 1.82) is 0 Å². The lowest BCUT2D eigenvalue weighted by atomic mass is 10.0. The van der Waals surface area contributed by atoms with Crippen LogP contribution < -0.4 is 17.2 Å². The van der Waals surface area contributed by atoms with Gasteiger partial charge in [0.05, 0.1) is 0 Å². The molecule has 1 unspecified atom stereocenters. The summed E-state index contributed by atoms with van der Waals surface area (Å²) in [6, 6.07) is 8.26. The van der Waals surface area contributed by atoms with Crippen LogP contribution in [0.3, 0.4) is 0 Å². The maximum Gasteiger partial charge on any atom is 0.0368 e. The highest BCUT2D eigenvalue weighted by Crippen LogP contribution is 2.19. The summed E-state index contributed by atoms with van der Waals surface area (Å²) in [6.07, 6.45) is 0.758. The van der Waals surface area contributed by atoms with Crippen LogP contribution in [0.1, 0.15) is 18.0 Å². The van der Waals surface area contributed by atoms with E-state index in [1.165, 1.54) is 0 Å². The Morgan fingerprint density at radius 3 is 2.83 bits per heavy atom. The van der Waals surface area contributed by atoms with Crippen LogP contribution in [0.25, 0.3) is 0 Å². The smallest absolute Gasteiger partial charge is 0.0368 e. The van der Waals surface area contributed by atoms with Gasteiger partial charge in [-0.3, -0.25) is 0 Å². The first kappa shape index (κ1) is 9.03. The third kappa shape index (κ3) is 1.96. The van der Waals surface area contributed by atoms with Crippen molar-refractivity contribution in [3.63, 3.8) is 0 Å². The van der Waals surface area contributed by atoms with E-state index >= 15 is 0 Å². The summed E-state index contributed by atoms with van der Waals surface area (Å²) in [5.41, 5.74) is 18.6. The van der Waals surface area contributed by atoms with Gasteiger partial charge >= 0.3 is 0 Å². The van der Waals surface area contributed by atoms with E-state index in [1.54, 1.807) is 6.07 Å². The molecular weight excluding hydrogens is 150 g/mol. The molecule has 1 aromatic rings. The zero-order valence-corrected chi connectivity index (χ0v) is 6.96. The van der Waals surface area contributed by atoms with E-state index in [9.17, 15) is 0 Å². The SMILES string of the molecule is NCCC(N)c1cc[c]cc1N. The molecule has 3 heteroatoms. The number of anilines is 1. The molecule has 12 heavy (non-hydrogen) atoms. The molecule has 6 N–H and O–H groups in total. The lowest BCUT2D eigenvalue weighted by molar-refractivity contribution is 0.663. The third-order valence-corrected chi connectivity index (χ3v) is 1.81. The van der Waals surface area contributed by atoms with Gasteiger partial charge in [0.25, 0.3) is 0 Å². The van der Waals surface area contributed by atoms with E-state index in [4.69, 9.17) is 17.2 Å². The molecule has 1 rings (SSSR count). The predicted molar refractivity (Wildman–Crippen MR) is 50.3 cm³/mol. The molecule has 65 valence electrons. The normalized spacial score (nSPS) is 12.8. The second-order valence-corrected chi connectivity index (χ2v) is 2.74. The molecule has 0 heterocycles. The van der Waals surface area contributed by atoms with Crippen molar-refractivity contribution < 1.29 is 0 Å². The van der Waals surface area contributed by atoms with Crippen LogP contribution in [0, 0.1) is 6.07 Å². The molecule has 3 nitrogen and oxygen atoms in total. The first-order chi connectivity index (χ1) is 5.75. The lowest BCUT2D eigenvalue weighted by Crippen LogP contribution is -2.16. The number of nitrogens with two attached hydrogens (primary N) is 3. The fraction of sp³-hybridized carbons (Fsp3) is 0.333. The number of hydrogen-bond acceptors (Lipinski definition) is 3. The summed E-state index contributed by atoms with van der Waals surface area (Å²) in [5.74, 6) is 0. The number of rotatable bonds is 3. The summed E-state index contributed by atoms with van der Waals surface area (Å²) in [6.45, 7) is 0.583. The van der Waals surface area contributed by atoms with Gasteiger partial charge in [-0.2, -0.15) is 0 Å². The summed E-state index contributed by atoms with van der Waals surface area (Å²) in [5, 5.41) is 0. The van der Waals surface area contributed by atoms with Crippen molar-refractivity contribution in [2.45, 2.75) is 12.5 Å². The zero-order chi connectivity index (χ0) is 8.97. The summed E-state index contributed by atoms with van der Waals surface area (Å²) < 4.78 is 0. The average molecular weight is 164 g/mol. The molecule has 0 saturated heterocycles. The van der Waals surface area contributed by atoms with Gasteiger partial charge in [-0.25, -0.2) is 0 Å². The van der Waals surface area contributed by atoms with Gasteiger partial charge in [-0.05, 0) is 30.7 Å². The van der Waals surface area contributed by atoms with Crippen LogP contribution in [-0.4, -0.2) is 6.54 Å². The molecule has 0 aliphatic carbocycles. The van der Waals surface area contributed by atoms with Gasteiger partial charge in [0.1, 0.15) is 0 Å². The molecule has 1 atom stereocenters. The van der Waals surface area contributed by atoms with E-state index in [1.807, 2.05) is 12.1 Å². The highest BCUT2D eigenvalue weighted by Gasteiger charge is 2.06. The Balaban J connectivity index is 2.79. The van der Waals surface area contributed by atoms with Gasteiger partial charge in [-0.1, -0.05) is 12.1 Å². The highest BCUT2D eigenvalue weighted by molar-refractivity contribution is 5.47. The molecule has 0 fully saturated rings. The summed E-state index contributed by atoms with van der Waals surface area (Å²) in [7, 11) is 0. The first-order valence-corrected chi connectivity index (χ1v) is 3.97. The topological polar surface area (TPSA) is 78.1 Å². The average Bonchev–Trinajstić information content (AvgIpc) is 2.05. The van der Waals surface area contributed by atoms with Crippen molar-refractivity contribution in [3.8, 4) is 0 Å². The third-order valence-electron chi connectivity index (χ3n) is 1.81. The number of hydrogen-bond donors (Lipinski definition) is 3. The van der Waals surface area contributed by atoms with Gasteiger partial charge in [0.2, 0.25) is 0 Å². The summed E-state index contributed by atoms with van der Waals surface area (Å²) >= 11 is 0. The Morgan fingerprint density at radius 2 is 2.25 bits per heavy atom. The Bertz CT molecular complexity index is 247. The Labute approximate surface area is 72.5 Å². The van der Waals surface area contributed by atoms with Crippen molar-refractivity contribution in [1.82, 2.24) is 0 Å². The van der Waals surface area contributed by atoms with E-state index in [2.05, 4.69) is 6.07 Å². The quantitative estimate of drug-likeness (QED) is 0.566. The molecule has 1 radical (unpaired) electrons. The molecule has 0 amide bonds. The Morgan fingerprint density at radius 1 is 1.50 bits per heavy atom. The maximum atomic E-state index is 5.83. The second kappa shape index (κ2) is 4.09. The Kier molecular flexibility index (Phi) is 3.08. The zero-order valence-electron chi connectivity index (χ0n) is 6.96. The standard InChI is InChI=1S/C9H14N3/c10-6-5-9(12)7-3-1-2-4-8(7)11/h1,3-4,9H,5-6,10-12H2. The van der Waals surface area contributed by atoms with Crippen LogP contribution in [0.5, 0.6) is 0 Å². The maximum absolute atomic E-state index is 5.83. The summed E-state index contributed by atoms with van der Waals surface area (Å²) in [4.78, 5) is 0. The Hall–Kier alpha value is -1.06. The van der Waals surface area contributed by atoms with Crippen molar-refractivity contribution in [3.05, 3.63) is 29.8 Å². The van der Waals surface area contributed by atoms with E-state index < -0.39 is 0 Å². The van der Waals surface area contributed by atoms with E-state index in [-0.39, 0.29) is 6.04 Å². The number of nitrogen functional groups attached to an aromatic ring is 1. The lowest BCUT2D eigenvalue weighted by Gasteiger charge is -2.12. The molecule has 0 aromatic heterocycles. The molecule has 0 spiro atoms. The van der Waals surface area contributed by atoms with Gasteiger partial charge in [0, 0.05) is 11.7 Å². The van der Waals surface area contributed by atoms with E-state index in [0.29, 0.717) is 12.2 Å². The largest absolute Gasteiger partial charge is 0.398 e. The van der Waals surface area contributed by atoms with E-state index in [0.717, 1.165) is 12.0 Å². The van der Waals surface area contributed by atoms with Gasteiger partial charge in [0.15, 0.2) is 0 Å². The predicted octanol–water partition coefficient (Wildman–Crippen LogP) is 0.418. The molecule has 0 aliphatic rings. The minimum absolute atomic E-state index is 0.0513. The van der Waals surface area contributed by atoms with Gasteiger partial charge < -0.3 is 17.2 Å². The van der Waals surface area contributed by atoms with Gasteiger partial charge in [-0.15, -0.1) is 0 Å². The van der Waals surface area contributed by atoms with Crippen LogP contribution in [0.2, 0.25) is 0 Å². The molecular formula is C9H14N3. The number of benzene rings is 1. The second-order valence-electron chi connectivity index (χ2n) is 2.74. The minimum atomic E-state index is -0.0513. The first-order valence-electron chi connectivity index (χ1n) is 3.97. The molecule has 0 aliphatic heterocycles. The monoisotopic (exact) mass is 164 g/mol. The molecule has 0 bridgehead atoms. The molecule has 1 aromatic carbocycles. The van der Waals surface area contributed by atoms with Crippen molar-refractivity contribution in [2.24, 2.45) is 11.5 Å². The molecule has 0 saturated carbocycles. The van der Waals surface area contributed by atoms with Crippen LogP contribution in [-0.2, 0) is 0 Å². The van der Waals surface area contributed by atoms with Crippen LogP contribution in [0.15, 0.2) is 18.2 Å². The van der Waals surface area contributed by atoms with Crippen molar-refractivity contribution >= 4 is 5.69 Å². The minimum Gasteiger partial charge on any atom is -0.398 e.